The van der Waals surface area contributed by atoms with Gasteiger partial charge >= 0.3 is 0 Å². The second-order valence-corrected chi connectivity index (χ2v) is 3.92. The minimum absolute atomic E-state index is 0.310. The molecular formula is C11H18N4O. The molecule has 1 atom stereocenters. The summed E-state index contributed by atoms with van der Waals surface area (Å²) in [6.07, 6.45) is 3.87. The molecule has 4 N–H and O–H groups in total. The zero-order chi connectivity index (χ0) is 11.2. The number of hydrogen-bond donors (Lipinski definition) is 3. The van der Waals surface area contributed by atoms with Gasteiger partial charge in [-0.05, 0) is 31.4 Å². The largest absolute Gasteiger partial charge is 0.376 e. The molecule has 5 nitrogen and oxygen atoms in total. The summed E-state index contributed by atoms with van der Waals surface area (Å²) in [7, 11) is 0. The predicted molar refractivity (Wildman–Crippen MR) is 64.1 cm³/mol. The van der Waals surface area contributed by atoms with E-state index in [0.717, 1.165) is 25.4 Å². The first-order valence-electron chi connectivity index (χ1n) is 5.67. The third kappa shape index (κ3) is 3.08. The zero-order valence-electron chi connectivity index (χ0n) is 9.28. The molecule has 1 unspecified atom stereocenters. The van der Waals surface area contributed by atoms with E-state index in [2.05, 4.69) is 15.7 Å². The van der Waals surface area contributed by atoms with Crippen LogP contribution in [0.5, 0.6) is 0 Å². The van der Waals surface area contributed by atoms with Crippen LogP contribution >= 0.6 is 0 Å². The average Bonchev–Trinajstić information content (AvgIpc) is 2.38. The molecule has 5 heteroatoms. The van der Waals surface area contributed by atoms with E-state index in [-0.39, 0.29) is 0 Å². The number of hydrogen-bond acceptors (Lipinski definition) is 5. The van der Waals surface area contributed by atoms with Crippen LogP contribution in [0.2, 0.25) is 0 Å². The fraction of sp³-hybridized carbons (Fsp3) is 0.545. The fourth-order valence-corrected chi connectivity index (χ4v) is 1.80. The van der Waals surface area contributed by atoms with Crippen molar-refractivity contribution in [3.63, 3.8) is 0 Å². The third-order valence-corrected chi connectivity index (χ3v) is 2.68. The van der Waals surface area contributed by atoms with E-state index in [1.165, 1.54) is 12.8 Å². The van der Waals surface area contributed by atoms with Crippen molar-refractivity contribution in [2.24, 2.45) is 5.84 Å². The van der Waals surface area contributed by atoms with Gasteiger partial charge in [0.2, 0.25) is 0 Å². The first-order valence-corrected chi connectivity index (χ1v) is 5.67. The van der Waals surface area contributed by atoms with Gasteiger partial charge in [0, 0.05) is 13.2 Å². The van der Waals surface area contributed by atoms with Gasteiger partial charge in [0.1, 0.15) is 11.6 Å². The number of ether oxygens (including phenoxy) is 1. The third-order valence-electron chi connectivity index (χ3n) is 2.68. The topological polar surface area (TPSA) is 72.2 Å². The van der Waals surface area contributed by atoms with Gasteiger partial charge in [-0.15, -0.1) is 0 Å². The summed E-state index contributed by atoms with van der Waals surface area (Å²) in [5, 5.41) is 3.26. The number of aromatic nitrogens is 1. The highest BCUT2D eigenvalue weighted by Crippen LogP contribution is 2.14. The molecule has 1 aromatic rings. The van der Waals surface area contributed by atoms with E-state index in [1.54, 1.807) is 0 Å². The molecule has 1 aromatic heterocycles. The lowest BCUT2D eigenvalue weighted by molar-refractivity contribution is 0.0247. The monoisotopic (exact) mass is 222 g/mol. The van der Waals surface area contributed by atoms with Crippen molar-refractivity contribution in [2.75, 3.05) is 23.9 Å². The normalized spacial score (nSPS) is 20.4. The number of nitrogens with zero attached hydrogens (tertiary/aromatic N) is 1. The molecule has 0 amide bonds. The Hall–Kier alpha value is -1.33. The molecule has 0 saturated carbocycles. The van der Waals surface area contributed by atoms with Gasteiger partial charge in [-0.25, -0.2) is 10.8 Å². The van der Waals surface area contributed by atoms with Gasteiger partial charge in [-0.1, -0.05) is 6.07 Å². The Morgan fingerprint density at radius 2 is 2.25 bits per heavy atom. The molecule has 1 aliphatic rings. The van der Waals surface area contributed by atoms with Gasteiger partial charge < -0.3 is 15.5 Å². The van der Waals surface area contributed by atoms with Crippen molar-refractivity contribution in [3.05, 3.63) is 18.2 Å². The summed E-state index contributed by atoms with van der Waals surface area (Å²) in [5.74, 6) is 6.78. The number of nitrogens with two attached hydrogens (primary N) is 1. The summed E-state index contributed by atoms with van der Waals surface area (Å²) in [5.41, 5.74) is 2.52. The van der Waals surface area contributed by atoms with Gasteiger partial charge in [-0.3, -0.25) is 0 Å². The molecule has 1 fully saturated rings. The highest BCUT2D eigenvalue weighted by molar-refractivity contribution is 5.44. The molecule has 2 heterocycles. The van der Waals surface area contributed by atoms with Gasteiger partial charge in [0.15, 0.2) is 0 Å². The van der Waals surface area contributed by atoms with E-state index in [9.17, 15) is 0 Å². The molecule has 16 heavy (non-hydrogen) atoms. The van der Waals surface area contributed by atoms with Crippen LogP contribution in [0.25, 0.3) is 0 Å². The van der Waals surface area contributed by atoms with Crippen LogP contribution in [0, 0.1) is 0 Å². The fourth-order valence-electron chi connectivity index (χ4n) is 1.80. The summed E-state index contributed by atoms with van der Waals surface area (Å²) < 4.78 is 5.63. The SMILES string of the molecule is NNc1cccc(NCC2CCCCO2)n1. The van der Waals surface area contributed by atoms with E-state index in [4.69, 9.17) is 10.6 Å². The molecule has 88 valence electrons. The summed E-state index contributed by atoms with van der Waals surface area (Å²) >= 11 is 0. The van der Waals surface area contributed by atoms with E-state index < -0.39 is 0 Å². The van der Waals surface area contributed by atoms with Crippen molar-refractivity contribution in [3.8, 4) is 0 Å². The number of nitrogens with one attached hydrogen (secondary N) is 2. The lowest BCUT2D eigenvalue weighted by Crippen LogP contribution is -2.27. The smallest absolute Gasteiger partial charge is 0.142 e. The molecular weight excluding hydrogens is 204 g/mol. The Morgan fingerprint density at radius 1 is 1.38 bits per heavy atom. The number of nitrogen functional groups attached to an aromatic ring is 1. The lowest BCUT2D eigenvalue weighted by atomic mass is 10.1. The average molecular weight is 222 g/mol. The van der Waals surface area contributed by atoms with Crippen molar-refractivity contribution < 1.29 is 4.74 Å². The van der Waals surface area contributed by atoms with Crippen LogP contribution in [0.15, 0.2) is 18.2 Å². The molecule has 0 bridgehead atoms. The van der Waals surface area contributed by atoms with Crippen molar-refractivity contribution in [2.45, 2.75) is 25.4 Å². The Kier molecular flexibility index (Phi) is 3.96. The second-order valence-electron chi connectivity index (χ2n) is 3.92. The molecule has 1 saturated heterocycles. The van der Waals surface area contributed by atoms with Crippen LogP contribution in [-0.2, 0) is 4.74 Å². The van der Waals surface area contributed by atoms with E-state index >= 15 is 0 Å². The maximum absolute atomic E-state index is 5.63. The van der Waals surface area contributed by atoms with Crippen molar-refractivity contribution in [1.82, 2.24) is 4.98 Å². The predicted octanol–water partition coefficient (Wildman–Crippen LogP) is 1.35. The zero-order valence-corrected chi connectivity index (χ0v) is 9.28. The highest BCUT2D eigenvalue weighted by Gasteiger charge is 2.13. The number of hydrazine groups is 1. The lowest BCUT2D eigenvalue weighted by Gasteiger charge is -2.22. The van der Waals surface area contributed by atoms with Gasteiger partial charge in [0.25, 0.3) is 0 Å². The summed E-state index contributed by atoms with van der Waals surface area (Å²) in [4.78, 5) is 4.27. The highest BCUT2D eigenvalue weighted by atomic mass is 16.5. The molecule has 0 spiro atoms. The van der Waals surface area contributed by atoms with E-state index in [1.807, 2.05) is 18.2 Å². The molecule has 0 aliphatic carbocycles. The molecule has 0 aromatic carbocycles. The van der Waals surface area contributed by atoms with E-state index in [0.29, 0.717) is 11.9 Å². The quantitative estimate of drug-likeness (QED) is 0.530. The molecule has 2 rings (SSSR count). The Labute approximate surface area is 95.4 Å². The van der Waals surface area contributed by atoms with Crippen molar-refractivity contribution in [1.29, 1.82) is 0 Å². The van der Waals surface area contributed by atoms with Crippen LogP contribution in [0.3, 0.4) is 0 Å². The summed E-state index contributed by atoms with van der Waals surface area (Å²) in [6, 6.07) is 5.65. The standard InChI is InChI=1S/C11H18N4O/c12-15-11-6-3-5-10(14-11)13-8-9-4-1-2-7-16-9/h3,5-6,9H,1-2,4,7-8,12H2,(H2,13,14,15). The second kappa shape index (κ2) is 5.67. The molecule has 1 aliphatic heterocycles. The minimum Gasteiger partial charge on any atom is -0.376 e. The van der Waals surface area contributed by atoms with Crippen LogP contribution in [0.4, 0.5) is 11.6 Å². The number of anilines is 2. The van der Waals surface area contributed by atoms with Gasteiger partial charge in [-0.2, -0.15) is 0 Å². The Bertz CT molecular complexity index is 326. The Morgan fingerprint density at radius 3 is 3.00 bits per heavy atom. The van der Waals surface area contributed by atoms with Crippen LogP contribution in [-0.4, -0.2) is 24.2 Å². The summed E-state index contributed by atoms with van der Waals surface area (Å²) in [6.45, 7) is 1.69. The van der Waals surface area contributed by atoms with Crippen molar-refractivity contribution >= 4 is 11.6 Å². The van der Waals surface area contributed by atoms with Crippen LogP contribution in [0.1, 0.15) is 19.3 Å². The first kappa shape index (κ1) is 11.2. The number of pyridine rings is 1. The molecule has 0 radical (unpaired) electrons. The minimum atomic E-state index is 0.310. The first-order chi connectivity index (χ1) is 7.88. The van der Waals surface area contributed by atoms with Gasteiger partial charge in [0.05, 0.1) is 6.10 Å². The Balaban J connectivity index is 1.83. The maximum atomic E-state index is 5.63. The van der Waals surface area contributed by atoms with Crippen LogP contribution < -0.4 is 16.6 Å². The number of rotatable bonds is 4. The maximum Gasteiger partial charge on any atom is 0.142 e.